The summed E-state index contributed by atoms with van der Waals surface area (Å²) in [6, 6.07) is 14.0. The normalized spacial score (nSPS) is 15.5. The zero-order valence-corrected chi connectivity index (χ0v) is 19.3. The highest BCUT2D eigenvalue weighted by atomic mass is 32.1. The molecule has 2 heterocycles. The van der Waals surface area contributed by atoms with Crippen LogP contribution < -0.4 is 14.4 Å². The lowest BCUT2D eigenvalue weighted by Gasteiger charge is -2.34. The Balaban J connectivity index is 1.54. The number of aryl methyl sites for hydroxylation is 3. The summed E-state index contributed by atoms with van der Waals surface area (Å²) in [5.74, 6) is 1.62. The number of anilines is 1. The van der Waals surface area contributed by atoms with Gasteiger partial charge < -0.3 is 14.4 Å². The molecular weight excluding hydrogens is 408 g/mol. The number of ether oxygens (including phenoxy) is 2. The van der Waals surface area contributed by atoms with E-state index in [4.69, 9.17) is 9.47 Å². The maximum atomic E-state index is 13.1. The third kappa shape index (κ3) is 4.59. The lowest BCUT2D eigenvalue weighted by Crippen LogP contribution is -2.46. The number of amides is 1. The standard InChI is InChI=1S/C25H28N2O3S/c1-5-22-25(28)27(12-7-13-29-20-9-6-8-16(2)14-20)21-15-19(10-11-23(21)30-22)24-17(3)31-18(4)26-24/h6,8-11,14-15,22H,5,7,12-13H2,1-4H3. The quantitative estimate of drug-likeness (QED) is 0.445. The van der Waals surface area contributed by atoms with E-state index in [1.165, 1.54) is 10.4 Å². The van der Waals surface area contributed by atoms with Crippen LogP contribution in [0.15, 0.2) is 42.5 Å². The Morgan fingerprint density at radius 1 is 1.16 bits per heavy atom. The molecule has 2 aromatic carbocycles. The smallest absolute Gasteiger partial charge is 0.268 e. The third-order valence-electron chi connectivity index (χ3n) is 5.39. The predicted octanol–water partition coefficient (Wildman–Crippen LogP) is 5.71. The maximum absolute atomic E-state index is 13.1. The van der Waals surface area contributed by atoms with E-state index in [-0.39, 0.29) is 5.91 Å². The number of fused-ring (bicyclic) bond motifs is 1. The van der Waals surface area contributed by atoms with Gasteiger partial charge in [0.2, 0.25) is 0 Å². The Bertz CT molecular complexity index is 1090. The topological polar surface area (TPSA) is 51.7 Å². The van der Waals surface area contributed by atoms with Crippen LogP contribution in [0.25, 0.3) is 11.3 Å². The molecule has 4 rings (SSSR count). The molecule has 1 aliphatic rings. The van der Waals surface area contributed by atoms with Crippen molar-refractivity contribution in [2.45, 2.75) is 46.6 Å². The zero-order valence-electron chi connectivity index (χ0n) is 18.5. The number of rotatable bonds is 7. The molecule has 1 aliphatic heterocycles. The van der Waals surface area contributed by atoms with E-state index >= 15 is 0 Å². The van der Waals surface area contributed by atoms with Crippen LogP contribution in [0.3, 0.4) is 0 Å². The highest BCUT2D eigenvalue weighted by molar-refractivity contribution is 7.11. The summed E-state index contributed by atoms with van der Waals surface area (Å²) in [6.07, 6.45) is 0.925. The van der Waals surface area contributed by atoms with Gasteiger partial charge in [-0.1, -0.05) is 19.1 Å². The molecule has 6 heteroatoms. The van der Waals surface area contributed by atoms with Crippen molar-refractivity contribution in [3.8, 4) is 22.8 Å². The molecule has 0 saturated heterocycles. The minimum atomic E-state index is -0.445. The van der Waals surface area contributed by atoms with Crippen molar-refractivity contribution in [1.29, 1.82) is 0 Å². The number of carbonyl (C=O) groups is 1. The fraction of sp³-hybridized carbons (Fsp3) is 0.360. The first-order chi connectivity index (χ1) is 15.0. The van der Waals surface area contributed by atoms with Crippen molar-refractivity contribution in [2.24, 2.45) is 0 Å². The first-order valence-corrected chi connectivity index (χ1v) is 11.5. The molecule has 0 aliphatic carbocycles. The van der Waals surface area contributed by atoms with Crippen LogP contribution in [-0.4, -0.2) is 30.1 Å². The summed E-state index contributed by atoms with van der Waals surface area (Å²) in [4.78, 5) is 20.8. The molecule has 1 aromatic heterocycles. The summed E-state index contributed by atoms with van der Waals surface area (Å²) < 4.78 is 11.9. The van der Waals surface area contributed by atoms with Crippen molar-refractivity contribution in [3.63, 3.8) is 0 Å². The fourth-order valence-corrected chi connectivity index (χ4v) is 4.71. The minimum absolute atomic E-state index is 0.00823. The molecule has 0 bridgehead atoms. The van der Waals surface area contributed by atoms with Gasteiger partial charge in [-0.25, -0.2) is 4.98 Å². The number of hydrogen-bond donors (Lipinski definition) is 0. The SMILES string of the molecule is CCC1Oc2ccc(-c3nc(C)sc3C)cc2N(CCCOc2cccc(C)c2)C1=O. The van der Waals surface area contributed by atoms with Gasteiger partial charge in [-0.15, -0.1) is 11.3 Å². The Morgan fingerprint density at radius 3 is 2.71 bits per heavy atom. The van der Waals surface area contributed by atoms with Gasteiger partial charge in [0.15, 0.2) is 6.10 Å². The Labute approximate surface area is 187 Å². The van der Waals surface area contributed by atoms with E-state index < -0.39 is 6.10 Å². The van der Waals surface area contributed by atoms with Crippen LogP contribution in [0, 0.1) is 20.8 Å². The molecule has 162 valence electrons. The van der Waals surface area contributed by atoms with Crippen LogP contribution in [-0.2, 0) is 4.79 Å². The van der Waals surface area contributed by atoms with E-state index in [9.17, 15) is 4.79 Å². The maximum Gasteiger partial charge on any atom is 0.268 e. The molecule has 5 nitrogen and oxygen atoms in total. The summed E-state index contributed by atoms with van der Waals surface area (Å²) in [5, 5.41) is 1.04. The molecular formula is C25H28N2O3S. The van der Waals surface area contributed by atoms with Gasteiger partial charge in [-0.2, -0.15) is 0 Å². The van der Waals surface area contributed by atoms with Gasteiger partial charge in [-0.3, -0.25) is 4.79 Å². The van der Waals surface area contributed by atoms with Gasteiger partial charge >= 0.3 is 0 Å². The van der Waals surface area contributed by atoms with Crippen molar-refractivity contribution in [1.82, 2.24) is 4.98 Å². The number of carbonyl (C=O) groups excluding carboxylic acids is 1. The Hall–Kier alpha value is -2.86. The first-order valence-electron chi connectivity index (χ1n) is 10.7. The van der Waals surface area contributed by atoms with Crippen molar-refractivity contribution in [3.05, 3.63) is 57.9 Å². The number of hydrogen-bond acceptors (Lipinski definition) is 5. The molecule has 3 aromatic rings. The second-order valence-electron chi connectivity index (χ2n) is 7.84. The monoisotopic (exact) mass is 436 g/mol. The van der Waals surface area contributed by atoms with Crippen LogP contribution >= 0.6 is 11.3 Å². The van der Waals surface area contributed by atoms with Crippen LogP contribution in [0.4, 0.5) is 5.69 Å². The average Bonchev–Trinajstić information content (AvgIpc) is 3.09. The second-order valence-corrected chi connectivity index (χ2v) is 9.25. The summed E-state index contributed by atoms with van der Waals surface area (Å²) in [6.45, 7) is 9.24. The minimum Gasteiger partial charge on any atom is -0.494 e. The van der Waals surface area contributed by atoms with Crippen molar-refractivity contribution < 1.29 is 14.3 Å². The lowest BCUT2D eigenvalue weighted by atomic mass is 10.1. The molecule has 31 heavy (non-hydrogen) atoms. The van der Waals surface area contributed by atoms with Gasteiger partial charge in [0.05, 0.1) is 23.0 Å². The van der Waals surface area contributed by atoms with Gasteiger partial charge in [0.25, 0.3) is 5.91 Å². The highest BCUT2D eigenvalue weighted by Crippen LogP contribution is 2.39. The molecule has 0 radical (unpaired) electrons. The van der Waals surface area contributed by atoms with Crippen LogP contribution in [0.1, 0.15) is 35.2 Å². The third-order valence-corrected chi connectivity index (χ3v) is 6.28. The second kappa shape index (κ2) is 9.10. The predicted molar refractivity (Wildman–Crippen MR) is 125 cm³/mol. The van der Waals surface area contributed by atoms with Gasteiger partial charge in [0, 0.05) is 17.0 Å². The zero-order chi connectivity index (χ0) is 22.0. The fourth-order valence-electron chi connectivity index (χ4n) is 3.87. The summed E-state index contributed by atoms with van der Waals surface area (Å²) in [5.41, 5.74) is 3.96. The Kier molecular flexibility index (Phi) is 6.28. The molecule has 1 atom stereocenters. The number of aromatic nitrogens is 1. The van der Waals surface area contributed by atoms with Crippen molar-refractivity contribution in [2.75, 3.05) is 18.1 Å². The lowest BCUT2D eigenvalue weighted by molar-refractivity contribution is -0.126. The molecule has 1 amide bonds. The molecule has 0 fully saturated rings. The van der Waals surface area contributed by atoms with Crippen molar-refractivity contribution >= 4 is 22.9 Å². The van der Waals surface area contributed by atoms with Crippen LogP contribution in [0.5, 0.6) is 11.5 Å². The number of nitrogens with zero attached hydrogens (tertiary/aromatic N) is 2. The average molecular weight is 437 g/mol. The molecule has 1 unspecified atom stereocenters. The van der Waals surface area contributed by atoms with E-state index in [0.29, 0.717) is 19.6 Å². The van der Waals surface area contributed by atoms with E-state index in [1.807, 2.05) is 68.1 Å². The van der Waals surface area contributed by atoms with Crippen LogP contribution in [0.2, 0.25) is 0 Å². The first kappa shape index (κ1) is 21.4. The summed E-state index contributed by atoms with van der Waals surface area (Å²) >= 11 is 1.68. The molecule has 0 N–H and O–H groups in total. The molecule has 0 spiro atoms. The number of thiazole rings is 1. The largest absolute Gasteiger partial charge is 0.494 e. The van der Waals surface area contributed by atoms with E-state index in [0.717, 1.165) is 39.9 Å². The van der Waals surface area contributed by atoms with E-state index in [2.05, 4.69) is 11.9 Å². The summed E-state index contributed by atoms with van der Waals surface area (Å²) in [7, 11) is 0. The molecule has 0 saturated carbocycles. The van der Waals surface area contributed by atoms with E-state index in [1.54, 1.807) is 11.3 Å². The van der Waals surface area contributed by atoms with Gasteiger partial charge in [-0.05, 0) is 69.5 Å². The number of benzene rings is 2. The Morgan fingerprint density at radius 2 is 2.00 bits per heavy atom. The highest BCUT2D eigenvalue weighted by Gasteiger charge is 2.33. The van der Waals surface area contributed by atoms with Gasteiger partial charge in [0.1, 0.15) is 11.5 Å².